The third-order valence-electron chi connectivity index (χ3n) is 2.40. The van der Waals surface area contributed by atoms with Gasteiger partial charge in [-0.15, -0.1) is 0 Å². The SMILES string of the molecule is CC(C)[C@H](O)[C@@H]1O[C@H]1[Si](C)(C)C. The van der Waals surface area contributed by atoms with Crippen LogP contribution in [-0.4, -0.2) is 31.1 Å². The Bertz CT molecular complexity index is 162. The van der Waals surface area contributed by atoms with Gasteiger partial charge in [-0.1, -0.05) is 33.5 Å². The van der Waals surface area contributed by atoms with Gasteiger partial charge in [0.05, 0.1) is 19.9 Å². The Hall–Kier alpha value is 0.137. The first kappa shape index (κ1) is 10.2. The van der Waals surface area contributed by atoms with Crippen LogP contribution < -0.4 is 0 Å². The van der Waals surface area contributed by atoms with Gasteiger partial charge in [0.1, 0.15) is 6.10 Å². The monoisotopic (exact) mass is 188 g/mol. The molecule has 1 aliphatic heterocycles. The molecule has 12 heavy (non-hydrogen) atoms. The van der Waals surface area contributed by atoms with Crippen molar-refractivity contribution in [3.05, 3.63) is 0 Å². The van der Waals surface area contributed by atoms with Gasteiger partial charge in [0.2, 0.25) is 0 Å². The highest BCUT2D eigenvalue weighted by Crippen LogP contribution is 2.35. The number of aliphatic hydroxyl groups excluding tert-OH is 1. The Balaban J connectivity index is 2.42. The van der Waals surface area contributed by atoms with Crippen molar-refractivity contribution in [3.8, 4) is 0 Å². The van der Waals surface area contributed by atoms with E-state index in [2.05, 4.69) is 19.6 Å². The standard InChI is InChI=1S/C9H20O2Si/c1-6(2)7(10)8-9(11-8)12(3,4)5/h6-10H,1-5H3/t7-,8-,9-/m0/s1. The van der Waals surface area contributed by atoms with Crippen LogP contribution in [0.5, 0.6) is 0 Å². The van der Waals surface area contributed by atoms with Crippen molar-refractivity contribution in [2.45, 2.75) is 51.4 Å². The zero-order valence-corrected chi connectivity index (χ0v) is 9.66. The quantitative estimate of drug-likeness (QED) is 0.539. The van der Waals surface area contributed by atoms with Gasteiger partial charge in [0, 0.05) is 0 Å². The fourth-order valence-electron chi connectivity index (χ4n) is 1.46. The third kappa shape index (κ3) is 2.09. The van der Waals surface area contributed by atoms with Crippen molar-refractivity contribution < 1.29 is 9.84 Å². The predicted molar refractivity (Wildman–Crippen MR) is 52.9 cm³/mol. The molecule has 0 spiro atoms. The van der Waals surface area contributed by atoms with Crippen LogP contribution in [0.3, 0.4) is 0 Å². The van der Waals surface area contributed by atoms with Gasteiger partial charge < -0.3 is 9.84 Å². The van der Waals surface area contributed by atoms with E-state index in [9.17, 15) is 5.11 Å². The van der Waals surface area contributed by atoms with Crippen LogP contribution in [0.15, 0.2) is 0 Å². The fraction of sp³-hybridized carbons (Fsp3) is 1.00. The smallest absolute Gasteiger partial charge is 0.107 e. The summed E-state index contributed by atoms with van der Waals surface area (Å²) in [5.41, 5.74) is 0.384. The molecule has 1 fully saturated rings. The first-order valence-electron chi connectivity index (χ1n) is 4.67. The van der Waals surface area contributed by atoms with E-state index in [-0.39, 0.29) is 12.2 Å². The minimum absolute atomic E-state index is 0.136. The van der Waals surface area contributed by atoms with E-state index in [4.69, 9.17) is 4.74 Å². The predicted octanol–water partition coefficient (Wildman–Crippen LogP) is 1.65. The second kappa shape index (κ2) is 3.12. The van der Waals surface area contributed by atoms with E-state index < -0.39 is 8.07 Å². The highest BCUT2D eigenvalue weighted by atomic mass is 28.3. The van der Waals surface area contributed by atoms with Gasteiger partial charge in [-0.25, -0.2) is 0 Å². The molecule has 0 radical (unpaired) electrons. The highest BCUT2D eigenvalue weighted by molar-refractivity contribution is 6.78. The first-order valence-corrected chi connectivity index (χ1v) is 8.25. The Kier molecular flexibility index (Phi) is 2.66. The minimum Gasteiger partial charge on any atom is -0.390 e. The van der Waals surface area contributed by atoms with Crippen molar-refractivity contribution >= 4 is 8.07 Å². The van der Waals surface area contributed by atoms with Gasteiger partial charge >= 0.3 is 0 Å². The molecular weight excluding hydrogens is 168 g/mol. The molecule has 0 unspecified atom stereocenters. The molecular formula is C9H20O2Si. The van der Waals surface area contributed by atoms with Crippen molar-refractivity contribution in [2.24, 2.45) is 5.92 Å². The molecule has 1 aliphatic rings. The average molecular weight is 188 g/mol. The van der Waals surface area contributed by atoms with Crippen LogP contribution in [0.4, 0.5) is 0 Å². The van der Waals surface area contributed by atoms with E-state index in [1.807, 2.05) is 13.8 Å². The highest BCUT2D eigenvalue weighted by Gasteiger charge is 2.52. The summed E-state index contributed by atoms with van der Waals surface area (Å²) in [5.74, 6) is 0.316. The molecule has 1 N–H and O–H groups in total. The molecule has 0 bridgehead atoms. The van der Waals surface area contributed by atoms with E-state index >= 15 is 0 Å². The van der Waals surface area contributed by atoms with Crippen LogP contribution >= 0.6 is 0 Å². The first-order chi connectivity index (χ1) is 5.34. The van der Waals surface area contributed by atoms with Gasteiger partial charge in [-0.2, -0.15) is 0 Å². The van der Waals surface area contributed by atoms with Crippen LogP contribution in [0.25, 0.3) is 0 Å². The van der Waals surface area contributed by atoms with E-state index in [0.29, 0.717) is 11.6 Å². The number of ether oxygens (including phenoxy) is 1. The average Bonchev–Trinajstić information content (AvgIpc) is 2.61. The molecule has 3 atom stereocenters. The fourth-order valence-corrected chi connectivity index (χ4v) is 3.21. The second-order valence-electron chi connectivity index (χ2n) is 5.12. The van der Waals surface area contributed by atoms with Crippen LogP contribution in [0.1, 0.15) is 13.8 Å². The van der Waals surface area contributed by atoms with Crippen molar-refractivity contribution in [3.63, 3.8) is 0 Å². The zero-order valence-electron chi connectivity index (χ0n) is 8.66. The lowest BCUT2D eigenvalue weighted by Crippen LogP contribution is -2.35. The topological polar surface area (TPSA) is 32.8 Å². The molecule has 0 saturated carbocycles. The summed E-state index contributed by atoms with van der Waals surface area (Å²) in [7, 11) is -1.18. The number of aliphatic hydroxyl groups is 1. The molecule has 0 aliphatic carbocycles. The minimum atomic E-state index is -1.18. The van der Waals surface area contributed by atoms with Crippen molar-refractivity contribution in [1.82, 2.24) is 0 Å². The molecule has 1 saturated heterocycles. The van der Waals surface area contributed by atoms with Gasteiger partial charge in [0.15, 0.2) is 0 Å². The Morgan fingerprint density at radius 1 is 1.25 bits per heavy atom. The Morgan fingerprint density at radius 2 is 1.75 bits per heavy atom. The van der Waals surface area contributed by atoms with Gasteiger partial charge in [-0.3, -0.25) is 0 Å². The normalized spacial score (nSPS) is 32.2. The molecule has 0 amide bonds. The maximum Gasteiger partial charge on any atom is 0.107 e. The van der Waals surface area contributed by atoms with Crippen molar-refractivity contribution in [1.29, 1.82) is 0 Å². The summed E-state index contributed by atoms with van der Waals surface area (Å²) in [4.78, 5) is 0. The van der Waals surface area contributed by atoms with Gasteiger partial charge in [0.25, 0.3) is 0 Å². The lowest BCUT2D eigenvalue weighted by atomic mass is 10.1. The van der Waals surface area contributed by atoms with E-state index in [1.165, 1.54) is 0 Å². The van der Waals surface area contributed by atoms with Crippen LogP contribution in [0, 0.1) is 5.92 Å². The third-order valence-corrected chi connectivity index (χ3v) is 4.57. The molecule has 72 valence electrons. The van der Waals surface area contributed by atoms with Gasteiger partial charge in [-0.05, 0) is 5.92 Å². The number of epoxide rings is 1. The maximum absolute atomic E-state index is 9.70. The maximum atomic E-state index is 9.70. The van der Waals surface area contributed by atoms with E-state index in [0.717, 1.165) is 0 Å². The molecule has 0 aromatic carbocycles. The summed E-state index contributed by atoms with van der Waals surface area (Å²) in [6.45, 7) is 10.9. The van der Waals surface area contributed by atoms with E-state index in [1.54, 1.807) is 0 Å². The molecule has 3 heteroatoms. The second-order valence-corrected chi connectivity index (χ2v) is 10.4. The van der Waals surface area contributed by atoms with Crippen LogP contribution in [0.2, 0.25) is 19.6 Å². The van der Waals surface area contributed by atoms with Crippen LogP contribution in [-0.2, 0) is 4.74 Å². The summed E-state index contributed by atoms with van der Waals surface area (Å²) < 4.78 is 5.52. The Labute approximate surface area is 75.9 Å². The molecule has 1 rings (SSSR count). The largest absolute Gasteiger partial charge is 0.390 e. The number of hydrogen-bond donors (Lipinski definition) is 1. The lowest BCUT2D eigenvalue weighted by Gasteiger charge is -2.15. The summed E-state index contributed by atoms with van der Waals surface area (Å²) in [6.07, 6.45) is -0.126. The van der Waals surface area contributed by atoms with Crippen molar-refractivity contribution in [2.75, 3.05) is 0 Å². The number of rotatable bonds is 3. The zero-order chi connectivity index (χ0) is 9.52. The molecule has 2 nitrogen and oxygen atoms in total. The molecule has 1 heterocycles. The summed E-state index contributed by atoms with van der Waals surface area (Å²) >= 11 is 0. The lowest BCUT2D eigenvalue weighted by molar-refractivity contribution is 0.0922. The molecule has 0 aromatic rings. The summed E-state index contributed by atoms with van der Waals surface area (Å²) in [6, 6.07) is 0. The Morgan fingerprint density at radius 3 is 2.00 bits per heavy atom. The summed E-state index contributed by atoms with van der Waals surface area (Å²) in [5, 5.41) is 9.70. The molecule has 0 aromatic heterocycles. The number of hydrogen-bond acceptors (Lipinski definition) is 2.